The van der Waals surface area contributed by atoms with Crippen LogP contribution >= 0.6 is 0 Å². The van der Waals surface area contributed by atoms with E-state index in [0.29, 0.717) is 6.54 Å². The van der Waals surface area contributed by atoms with E-state index in [1.807, 2.05) is 32.0 Å². The summed E-state index contributed by atoms with van der Waals surface area (Å²) >= 11 is 0. The third-order valence-electron chi connectivity index (χ3n) is 3.97. The van der Waals surface area contributed by atoms with Gasteiger partial charge in [0, 0.05) is 12.1 Å². The molecule has 0 spiro atoms. The quantitative estimate of drug-likeness (QED) is 0.860. The van der Waals surface area contributed by atoms with Gasteiger partial charge in [-0.05, 0) is 38.3 Å². The first-order chi connectivity index (χ1) is 8.56. The lowest BCUT2D eigenvalue weighted by molar-refractivity contribution is 0.0902. The zero-order valence-electron chi connectivity index (χ0n) is 11.3. The van der Waals surface area contributed by atoms with Gasteiger partial charge in [-0.1, -0.05) is 30.5 Å². The standard InChI is InChI=1S/C15H22N2O/c1-11-5-6-12(2)13(9-11)14(18)17-15(10-16)7-3-4-8-15/h5-6,9H,3-4,7-8,10,16H2,1-2H3,(H,17,18). The van der Waals surface area contributed by atoms with Crippen molar-refractivity contribution in [1.82, 2.24) is 5.32 Å². The predicted molar refractivity (Wildman–Crippen MR) is 73.6 cm³/mol. The van der Waals surface area contributed by atoms with E-state index in [1.54, 1.807) is 0 Å². The van der Waals surface area contributed by atoms with Crippen LogP contribution in [0.3, 0.4) is 0 Å². The Morgan fingerprint density at radius 3 is 2.61 bits per heavy atom. The Bertz CT molecular complexity index is 448. The molecule has 0 atom stereocenters. The van der Waals surface area contributed by atoms with Crippen molar-refractivity contribution in [3.05, 3.63) is 34.9 Å². The Hall–Kier alpha value is -1.35. The molecule has 1 saturated carbocycles. The summed E-state index contributed by atoms with van der Waals surface area (Å²) in [6.07, 6.45) is 4.31. The molecular weight excluding hydrogens is 224 g/mol. The van der Waals surface area contributed by atoms with Crippen LogP contribution in [0, 0.1) is 13.8 Å². The fraction of sp³-hybridized carbons (Fsp3) is 0.533. The van der Waals surface area contributed by atoms with E-state index in [4.69, 9.17) is 5.73 Å². The van der Waals surface area contributed by atoms with Gasteiger partial charge in [0.1, 0.15) is 0 Å². The predicted octanol–water partition coefficient (Wildman–Crippen LogP) is 2.30. The summed E-state index contributed by atoms with van der Waals surface area (Å²) in [6, 6.07) is 5.97. The van der Waals surface area contributed by atoms with E-state index in [9.17, 15) is 4.79 Å². The van der Waals surface area contributed by atoms with Crippen LogP contribution in [0.15, 0.2) is 18.2 Å². The molecule has 0 aliphatic heterocycles. The third kappa shape index (κ3) is 2.56. The molecule has 3 heteroatoms. The average Bonchev–Trinajstić information content (AvgIpc) is 2.81. The van der Waals surface area contributed by atoms with Crippen LogP contribution in [0.5, 0.6) is 0 Å². The van der Waals surface area contributed by atoms with Crippen molar-refractivity contribution in [2.75, 3.05) is 6.54 Å². The van der Waals surface area contributed by atoms with Crippen molar-refractivity contribution in [2.45, 2.75) is 45.1 Å². The molecule has 1 aromatic rings. The fourth-order valence-corrected chi connectivity index (χ4v) is 2.72. The first-order valence-electron chi connectivity index (χ1n) is 6.66. The van der Waals surface area contributed by atoms with Gasteiger partial charge in [-0.15, -0.1) is 0 Å². The van der Waals surface area contributed by atoms with E-state index >= 15 is 0 Å². The molecular formula is C15H22N2O. The van der Waals surface area contributed by atoms with E-state index < -0.39 is 0 Å². The molecule has 18 heavy (non-hydrogen) atoms. The average molecular weight is 246 g/mol. The largest absolute Gasteiger partial charge is 0.345 e. The molecule has 2 rings (SSSR count). The molecule has 1 aliphatic rings. The van der Waals surface area contributed by atoms with Gasteiger partial charge in [-0.2, -0.15) is 0 Å². The molecule has 0 unspecified atom stereocenters. The summed E-state index contributed by atoms with van der Waals surface area (Å²) in [5.41, 5.74) is 8.58. The Morgan fingerprint density at radius 1 is 1.33 bits per heavy atom. The van der Waals surface area contributed by atoms with Gasteiger partial charge in [0.05, 0.1) is 5.54 Å². The molecule has 1 fully saturated rings. The maximum Gasteiger partial charge on any atom is 0.252 e. The highest BCUT2D eigenvalue weighted by molar-refractivity contribution is 5.96. The van der Waals surface area contributed by atoms with Crippen molar-refractivity contribution in [3.63, 3.8) is 0 Å². The first kappa shape index (κ1) is 13.1. The Morgan fingerprint density at radius 2 is 2.00 bits per heavy atom. The smallest absolute Gasteiger partial charge is 0.252 e. The minimum absolute atomic E-state index is 0.0172. The monoisotopic (exact) mass is 246 g/mol. The zero-order chi connectivity index (χ0) is 13.2. The summed E-state index contributed by atoms with van der Waals surface area (Å²) < 4.78 is 0. The Balaban J connectivity index is 2.18. The van der Waals surface area contributed by atoms with Gasteiger partial charge in [-0.3, -0.25) is 4.79 Å². The maximum absolute atomic E-state index is 12.4. The highest BCUT2D eigenvalue weighted by atomic mass is 16.1. The normalized spacial score (nSPS) is 17.7. The number of rotatable bonds is 3. The zero-order valence-corrected chi connectivity index (χ0v) is 11.3. The number of benzene rings is 1. The lowest BCUT2D eigenvalue weighted by atomic mass is 9.96. The van der Waals surface area contributed by atoms with E-state index in [2.05, 4.69) is 5.32 Å². The molecule has 0 bridgehead atoms. The van der Waals surface area contributed by atoms with E-state index in [-0.39, 0.29) is 11.4 Å². The van der Waals surface area contributed by atoms with Crippen LogP contribution in [-0.4, -0.2) is 18.0 Å². The first-order valence-corrected chi connectivity index (χ1v) is 6.66. The Labute approximate surface area is 109 Å². The summed E-state index contributed by atoms with van der Waals surface area (Å²) in [7, 11) is 0. The van der Waals surface area contributed by atoms with Crippen molar-refractivity contribution in [2.24, 2.45) is 5.73 Å². The highest BCUT2D eigenvalue weighted by Crippen LogP contribution is 2.29. The topological polar surface area (TPSA) is 55.1 Å². The highest BCUT2D eigenvalue weighted by Gasteiger charge is 2.34. The fourth-order valence-electron chi connectivity index (χ4n) is 2.72. The van der Waals surface area contributed by atoms with Gasteiger partial charge in [0.15, 0.2) is 0 Å². The van der Waals surface area contributed by atoms with Gasteiger partial charge >= 0.3 is 0 Å². The summed E-state index contributed by atoms with van der Waals surface area (Å²) in [6.45, 7) is 4.51. The second-order valence-corrected chi connectivity index (χ2v) is 5.46. The van der Waals surface area contributed by atoms with Gasteiger partial charge in [0.25, 0.3) is 5.91 Å². The molecule has 1 aromatic carbocycles. The van der Waals surface area contributed by atoms with E-state index in [1.165, 1.54) is 0 Å². The Kier molecular flexibility index (Phi) is 3.71. The van der Waals surface area contributed by atoms with Gasteiger partial charge < -0.3 is 11.1 Å². The molecule has 3 N–H and O–H groups in total. The van der Waals surface area contributed by atoms with Crippen molar-refractivity contribution in [1.29, 1.82) is 0 Å². The molecule has 98 valence electrons. The summed E-state index contributed by atoms with van der Waals surface area (Å²) in [5.74, 6) is 0.0172. The van der Waals surface area contributed by atoms with Crippen LogP contribution in [-0.2, 0) is 0 Å². The van der Waals surface area contributed by atoms with Crippen LogP contribution in [0.25, 0.3) is 0 Å². The second-order valence-electron chi connectivity index (χ2n) is 5.46. The number of amides is 1. The summed E-state index contributed by atoms with van der Waals surface area (Å²) in [4.78, 5) is 12.4. The molecule has 3 nitrogen and oxygen atoms in total. The van der Waals surface area contributed by atoms with E-state index in [0.717, 1.165) is 42.4 Å². The third-order valence-corrected chi connectivity index (χ3v) is 3.97. The van der Waals surface area contributed by atoms with Crippen LogP contribution in [0.2, 0.25) is 0 Å². The summed E-state index contributed by atoms with van der Waals surface area (Å²) in [5, 5.41) is 3.16. The molecule has 1 aliphatic carbocycles. The minimum Gasteiger partial charge on any atom is -0.345 e. The van der Waals surface area contributed by atoms with Crippen molar-refractivity contribution < 1.29 is 4.79 Å². The van der Waals surface area contributed by atoms with Crippen molar-refractivity contribution in [3.8, 4) is 0 Å². The van der Waals surface area contributed by atoms with Crippen LogP contribution in [0.1, 0.15) is 47.2 Å². The number of carbonyl (C=O) groups is 1. The molecule has 0 aromatic heterocycles. The maximum atomic E-state index is 12.4. The number of nitrogens with two attached hydrogens (primary N) is 1. The molecule has 0 heterocycles. The number of carbonyl (C=O) groups excluding carboxylic acids is 1. The lowest BCUT2D eigenvalue weighted by Gasteiger charge is -2.29. The number of nitrogens with one attached hydrogen (secondary N) is 1. The number of hydrogen-bond acceptors (Lipinski definition) is 2. The molecule has 0 radical (unpaired) electrons. The van der Waals surface area contributed by atoms with Crippen molar-refractivity contribution >= 4 is 5.91 Å². The van der Waals surface area contributed by atoms with Crippen LogP contribution < -0.4 is 11.1 Å². The van der Waals surface area contributed by atoms with Crippen LogP contribution in [0.4, 0.5) is 0 Å². The molecule has 0 saturated heterocycles. The minimum atomic E-state index is -0.173. The second kappa shape index (κ2) is 5.11. The SMILES string of the molecule is Cc1ccc(C)c(C(=O)NC2(CN)CCCC2)c1. The molecule has 1 amide bonds. The van der Waals surface area contributed by atoms with Gasteiger partial charge in [0.2, 0.25) is 0 Å². The van der Waals surface area contributed by atoms with Gasteiger partial charge in [-0.25, -0.2) is 0 Å². The lowest BCUT2D eigenvalue weighted by Crippen LogP contribution is -2.51. The number of hydrogen-bond donors (Lipinski definition) is 2. The number of aryl methyl sites for hydroxylation is 2.